The van der Waals surface area contributed by atoms with Crippen molar-refractivity contribution in [3.05, 3.63) is 40.1 Å². The normalized spacial score (nSPS) is 20.2. The number of piperazine rings is 1. The van der Waals surface area contributed by atoms with Crippen molar-refractivity contribution >= 4 is 35.2 Å². The summed E-state index contributed by atoms with van der Waals surface area (Å²) in [6.45, 7) is 11.0. The maximum absolute atomic E-state index is 12.4. The van der Waals surface area contributed by atoms with Gasteiger partial charge in [-0.15, -0.1) is 0 Å². The van der Waals surface area contributed by atoms with Gasteiger partial charge in [0, 0.05) is 62.5 Å². The van der Waals surface area contributed by atoms with Crippen molar-refractivity contribution in [3.63, 3.8) is 0 Å². The summed E-state index contributed by atoms with van der Waals surface area (Å²) < 4.78 is 0. The smallest absolute Gasteiger partial charge is 0.238 e. The number of benzene rings is 1. The Bertz CT molecular complexity index is 918. The monoisotopic (exact) mass is 460 g/mol. The number of halogens is 1. The molecular weight excluding hydrogens is 428 g/mol. The van der Waals surface area contributed by atoms with Gasteiger partial charge in [-0.3, -0.25) is 24.4 Å². The van der Waals surface area contributed by atoms with Gasteiger partial charge in [0.1, 0.15) is 5.76 Å². The van der Waals surface area contributed by atoms with E-state index in [0.29, 0.717) is 36.5 Å². The van der Waals surface area contributed by atoms with Crippen LogP contribution in [0.25, 0.3) is 0 Å². The van der Waals surface area contributed by atoms with Crippen LogP contribution in [0.1, 0.15) is 32.3 Å². The van der Waals surface area contributed by atoms with Gasteiger partial charge in [0.25, 0.3) is 0 Å². The third-order valence-corrected chi connectivity index (χ3v) is 6.19. The van der Waals surface area contributed by atoms with Crippen molar-refractivity contribution in [1.82, 2.24) is 9.80 Å². The molecule has 0 unspecified atom stereocenters. The number of ketones is 1. The van der Waals surface area contributed by atoms with Crippen molar-refractivity contribution in [2.45, 2.75) is 33.6 Å². The Kier molecular flexibility index (Phi) is 8.09. The lowest BCUT2D eigenvalue weighted by molar-refractivity contribution is -0.118. The zero-order valence-electron chi connectivity index (χ0n) is 19.2. The minimum absolute atomic E-state index is 0.0260. The highest BCUT2D eigenvalue weighted by Crippen LogP contribution is 2.35. The number of anilines is 1. The molecule has 0 saturated carbocycles. The second-order valence-corrected chi connectivity index (χ2v) is 9.90. The maximum Gasteiger partial charge on any atom is 0.238 e. The molecule has 0 aromatic heterocycles. The molecule has 1 fully saturated rings. The Labute approximate surface area is 195 Å². The number of allylic oxidation sites excluding steroid dienone is 2. The first-order valence-electron chi connectivity index (χ1n) is 11.1. The Morgan fingerprint density at radius 1 is 1.22 bits per heavy atom. The van der Waals surface area contributed by atoms with E-state index in [2.05, 4.69) is 20.1 Å². The first-order chi connectivity index (χ1) is 15.1. The lowest BCUT2D eigenvalue weighted by Gasteiger charge is -2.34. The number of hydrogen-bond donors (Lipinski definition) is 2. The quantitative estimate of drug-likeness (QED) is 0.608. The van der Waals surface area contributed by atoms with Gasteiger partial charge in [0.15, 0.2) is 5.78 Å². The van der Waals surface area contributed by atoms with Crippen LogP contribution in [0.5, 0.6) is 0 Å². The van der Waals surface area contributed by atoms with Crippen molar-refractivity contribution in [2.24, 2.45) is 10.4 Å². The fourth-order valence-corrected chi connectivity index (χ4v) is 4.36. The maximum atomic E-state index is 12.4. The molecule has 174 valence electrons. The van der Waals surface area contributed by atoms with E-state index >= 15 is 0 Å². The molecule has 1 aromatic rings. The van der Waals surface area contributed by atoms with Gasteiger partial charge in [-0.05, 0) is 36.1 Å². The number of nitrogens with one attached hydrogen (secondary N) is 1. The summed E-state index contributed by atoms with van der Waals surface area (Å²) in [7, 11) is 0. The largest absolute Gasteiger partial charge is 0.511 e. The van der Waals surface area contributed by atoms with E-state index in [1.165, 1.54) is 6.21 Å². The minimum atomic E-state index is -0.192. The molecule has 1 aliphatic heterocycles. The van der Waals surface area contributed by atoms with Crippen LogP contribution in [0, 0.1) is 12.3 Å². The Morgan fingerprint density at radius 3 is 2.56 bits per heavy atom. The number of aliphatic hydroxyl groups is 1. The minimum Gasteiger partial charge on any atom is -0.511 e. The number of nitrogens with zero attached hydrogens (tertiary/aromatic N) is 3. The van der Waals surface area contributed by atoms with Gasteiger partial charge >= 0.3 is 0 Å². The predicted molar refractivity (Wildman–Crippen MR) is 129 cm³/mol. The van der Waals surface area contributed by atoms with E-state index in [-0.39, 0.29) is 22.9 Å². The highest BCUT2D eigenvalue weighted by Gasteiger charge is 2.32. The molecule has 2 aliphatic rings. The average molecular weight is 461 g/mol. The molecule has 0 spiro atoms. The highest BCUT2D eigenvalue weighted by molar-refractivity contribution is 6.30. The second kappa shape index (κ2) is 10.6. The first-order valence-corrected chi connectivity index (χ1v) is 11.5. The Morgan fingerprint density at radius 2 is 1.91 bits per heavy atom. The molecule has 2 N–H and O–H groups in total. The third-order valence-electron chi connectivity index (χ3n) is 5.96. The Hall–Kier alpha value is -2.22. The molecular formula is C24H33ClN4O3. The molecule has 32 heavy (non-hydrogen) atoms. The van der Waals surface area contributed by atoms with Crippen molar-refractivity contribution in [1.29, 1.82) is 0 Å². The van der Waals surface area contributed by atoms with Crippen LogP contribution in [0.3, 0.4) is 0 Å². The predicted octanol–water partition coefficient (Wildman–Crippen LogP) is 3.48. The van der Waals surface area contributed by atoms with Crippen LogP contribution < -0.4 is 5.32 Å². The van der Waals surface area contributed by atoms with Gasteiger partial charge in [0.2, 0.25) is 5.91 Å². The standard InChI is InChI=1S/C24H33ClN4O3/c1-17-12-18(25)4-5-20(17)27-23(32)16-29-10-8-28(9-11-29)7-6-26-15-19-21(30)13-24(2,3)14-22(19)31/h4-5,12,15,30H,6-11,13-14,16H2,1-3H3,(H,27,32). The summed E-state index contributed by atoms with van der Waals surface area (Å²) in [5.74, 6) is 0.0840. The van der Waals surface area contributed by atoms with Gasteiger partial charge in [-0.1, -0.05) is 25.4 Å². The number of carbonyl (C=O) groups is 2. The van der Waals surface area contributed by atoms with E-state index in [1.54, 1.807) is 6.07 Å². The number of aryl methyl sites for hydroxylation is 1. The molecule has 1 aromatic carbocycles. The summed E-state index contributed by atoms with van der Waals surface area (Å²) in [6.07, 6.45) is 2.48. The third kappa shape index (κ3) is 6.89. The summed E-state index contributed by atoms with van der Waals surface area (Å²) in [5.41, 5.74) is 1.90. The van der Waals surface area contributed by atoms with Crippen molar-refractivity contribution < 1.29 is 14.7 Å². The number of Topliss-reactive ketones (excluding diaryl/α,β-unsaturated/α-hetero) is 1. The number of amides is 1. The first kappa shape index (κ1) is 24.4. The topological polar surface area (TPSA) is 85.2 Å². The fraction of sp³-hybridized carbons (Fsp3) is 0.542. The zero-order valence-corrected chi connectivity index (χ0v) is 19.9. The lowest BCUT2D eigenvalue weighted by Crippen LogP contribution is -2.49. The molecule has 0 atom stereocenters. The van der Waals surface area contributed by atoms with Gasteiger partial charge in [-0.2, -0.15) is 0 Å². The number of rotatable bonds is 7. The van der Waals surface area contributed by atoms with Crippen LogP contribution in [0.2, 0.25) is 5.02 Å². The molecule has 0 radical (unpaired) electrons. The summed E-state index contributed by atoms with van der Waals surface area (Å²) in [6, 6.07) is 5.43. The average Bonchev–Trinajstić information content (AvgIpc) is 2.69. The van der Waals surface area contributed by atoms with Crippen molar-refractivity contribution in [2.75, 3.05) is 51.1 Å². The molecule has 1 aliphatic carbocycles. The van der Waals surface area contributed by atoms with Crippen LogP contribution in [0.15, 0.2) is 34.5 Å². The molecule has 1 saturated heterocycles. The summed E-state index contributed by atoms with van der Waals surface area (Å²) in [4.78, 5) is 33.4. The van der Waals surface area contributed by atoms with Crippen LogP contribution in [-0.4, -0.2) is 78.6 Å². The van der Waals surface area contributed by atoms with E-state index in [9.17, 15) is 14.7 Å². The Balaban J connectivity index is 1.38. The van der Waals surface area contributed by atoms with Crippen LogP contribution in [-0.2, 0) is 9.59 Å². The fourth-order valence-electron chi connectivity index (χ4n) is 4.13. The zero-order chi connectivity index (χ0) is 23.3. The number of carbonyl (C=O) groups excluding carboxylic acids is 2. The van der Waals surface area contributed by atoms with E-state index in [4.69, 9.17) is 11.6 Å². The molecule has 1 amide bonds. The summed E-state index contributed by atoms with van der Waals surface area (Å²) in [5, 5.41) is 13.8. The second-order valence-electron chi connectivity index (χ2n) is 9.46. The van der Waals surface area contributed by atoms with Gasteiger partial charge in [0.05, 0.1) is 18.7 Å². The van der Waals surface area contributed by atoms with Gasteiger partial charge < -0.3 is 10.4 Å². The lowest BCUT2D eigenvalue weighted by atomic mass is 9.77. The van der Waals surface area contributed by atoms with Crippen LogP contribution in [0.4, 0.5) is 5.69 Å². The number of aliphatic hydroxyl groups excluding tert-OH is 1. The molecule has 0 bridgehead atoms. The molecule has 3 rings (SSSR count). The molecule has 7 nitrogen and oxygen atoms in total. The summed E-state index contributed by atoms with van der Waals surface area (Å²) >= 11 is 5.97. The van der Waals surface area contributed by atoms with Crippen LogP contribution >= 0.6 is 11.6 Å². The van der Waals surface area contributed by atoms with E-state index < -0.39 is 0 Å². The molecule has 8 heteroatoms. The SMILES string of the molecule is Cc1cc(Cl)ccc1NC(=O)CN1CCN(CCN=CC2=C(O)CC(C)(C)CC2=O)CC1. The van der Waals surface area contributed by atoms with E-state index in [1.807, 2.05) is 32.9 Å². The number of aliphatic imine (C=N–C) groups is 1. The molecule has 1 heterocycles. The number of hydrogen-bond acceptors (Lipinski definition) is 6. The van der Waals surface area contributed by atoms with Crippen molar-refractivity contribution in [3.8, 4) is 0 Å². The van der Waals surface area contributed by atoms with Gasteiger partial charge in [-0.25, -0.2) is 0 Å². The highest BCUT2D eigenvalue weighted by atomic mass is 35.5. The van der Waals surface area contributed by atoms with E-state index in [0.717, 1.165) is 44.0 Å².